The van der Waals surface area contributed by atoms with Gasteiger partial charge in [0.15, 0.2) is 0 Å². The van der Waals surface area contributed by atoms with Crippen molar-refractivity contribution in [2.75, 3.05) is 0 Å². The first-order chi connectivity index (χ1) is 11.5. The van der Waals surface area contributed by atoms with Crippen LogP contribution >= 0.6 is 0 Å². The minimum absolute atomic E-state index is 0.0734. The first kappa shape index (κ1) is 16.9. The molecule has 0 saturated heterocycles. The number of nitro groups is 1. The fourth-order valence-electron chi connectivity index (χ4n) is 2.04. The van der Waals surface area contributed by atoms with Crippen molar-refractivity contribution in [3.8, 4) is 0 Å². The molecule has 3 N–H and O–H groups in total. The number of primary amides is 1. The average Bonchev–Trinajstić information content (AvgIpc) is 2.58. The normalized spacial score (nSPS) is 10.5. The second-order valence-corrected chi connectivity index (χ2v) is 4.93. The van der Waals surface area contributed by atoms with Crippen LogP contribution in [-0.2, 0) is 11.3 Å². The second kappa shape index (κ2) is 7.68. The first-order valence-electron chi connectivity index (χ1n) is 7.05. The monoisotopic (exact) mass is 325 g/mol. The van der Waals surface area contributed by atoms with Crippen LogP contribution < -0.4 is 11.1 Å². The number of nitrogens with zero attached hydrogens (tertiary/aromatic N) is 1. The third kappa shape index (κ3) is 4.51. The van der Waals surface area contributed by atoms with Gasteiger partial charge in [-0.2, -0.15) is 0 Å². The molecule has 2 aromatic rings. The van der Waals surface area contributed by atoms with Gasteiger partial charge in [-0.05, 0) is 29.8 Å². The highest BCUT2D eigenvalue weighted by molar-refractivity contribution is 5.93. The fourth-order valence-corrected chi connectivity index (χ4v) is 2.04. The Bertz CT molecular complexity index is 815. The molecule has 2 amide bonds. The van der Waals surface area contributed by atoms with Gasteiger partial charge in [-0.1, -0.05) is 24.3 Å². The summed E-state index contributed by atoms with van der Waals surface area (Å²) in [6.45, 7) is 0.210. The number of rotatable bonds is 6. The zero-order valence-corrected chi connectivity index (χ0v) is 12.6. The van der Waals surface area contributed by atoms with Crippen LogP contribution in [0.5, 0.6) is 0 Å². The Morgan fingerprint density at radius 3 is 2.62 bits per heavy atom. The van der Waals surface area contributed by atoms with Gasteiger partial charge in [-0.3, -0.25) is 19.7 Å². The molecule has 0 saturated carbocycles. The number of para-hydroxylation sites is 1. The molecule has 7 nitrogen and oxygen atoms in total. The smallest absolute Gasteiger partial charge is 0.276 e. The number of hydrogen-bond acceptors (Lipinski definition) is 4. The molecule has 2 rings (SSSR count). The van der Waals surface area contributed by atoms with Gasteiger partial charge in [0.25, 0.3) is 5.69 Å². The number of nitrogens with two attached hydrogens (primary N) is 1. The second-order valence-electron chi connectivity index (χ2n) is 4.93. The average molecular weight is 325 g/mol. The van der Waals surface area contributed by atoms with Gasteiger partial charge in [-0.25, -0.2) is 0 Å². The molecule has 2 aromatic carbocycles. The summed E-state index contributed by atoms with van der Waals surface area (Å²) in [5.74, 6) is -0.947. The van der Waals surface area contributed by atoms with Gasteiger partial charge in [0.2, 0.25) is 11.8 Å². The Balaban J connectivity index is 2.00. The SMILES string of the molecule is NC(=O)c1cccc(CNC(=O)/C=C/c2ccccc2[N+](=O)[O-])c1. The van der Waals surface area contributed by atoms with E-state index < -0.39 is 16.7 Å². The summed E-state index contributed by atoms with van der Waals surface area (Å²) in [5, 5.41) is 13.5. The van der Waals surface area contributed by atoms with Crippen LogP contribution in [-0.4, -0.2) is 16.7 Å². The molecule has 0 aliphatic rings. The summed E-state index contributed by atoms with van der Waals surface area (Å²) < 4.78 is 0. The summed E-state index contributed by atoms with van der Waals surface area (Å²) in [6.07, 6.45) is 2.60. The molecular weight excluding hydrogens is 310 g/mol. The lowest BCUT2D eigenvalue weighted by atomic mass is 10.1. The number of nitrogens with one attached hydrogen (secondary N) is 1. The van der Waals surface area contributed by atoms with Crippen molar-refractivity contribution in [3.05, 3.63) is 81.4 Å². The maximum atomic E-state index is 11.8. The van der Waals surface area contributed by atoms with Crippen LogP contribution in [0.15, 0.2) is 54.6 Å². The zero-order chi connectivity index (χ0) is 17.5. The lowest BCUT2D eigenvalue weighted by Crippen LogP contribution is -2.20. The summed E-state index contributed by atoms with van der Waals surface area (Å²) in [7, 11) is 0. The van der Waals surface area contributed by atoms with E-state index in [2.05, 4.69) is 5.32 Å². The van der Waals surface area contributed by atoms with Gasteiger partial charge in [0.05, 0.1) is 10.5 Å². The van der Waals surface area contributed by atoms with E-state index in [0.717, 1.165) is 5.56 Å². The molecule has 0 aliphatic heterocycles. The molecule has 0 spiro atoms. The number of amides is 2. The van der Waals surface area contributed by atoms with Crippen molar-refractivity contribution in [2.45, 2.75) is 6.54 Å². The summed E-state index contributed by atoms with van der Waals surface area (Å²) in [6, 6.07) is 12.7. The molecule has 7 heteroatoms. The lowest BCUT2D eigenvalue weighted by molar-refractivity contribution is -0.385. The van der Waals surface area contributed by atoms with E-state index in [4.69, 9.17) is 5.73 Å². The standard InChI is InChI=1S/C17H15N3O4/c18-17(22)14-6-3-4-12(10-14)11-19-16(21)9-8-13-5-1-2-7-15(13)20(23)24/h1-10H,11H2,(H2,18,22)(H,19,21)/b9-8+. The highest BCUT2D eigenvalue weighted by Crippen LogP contribution is 2.18. The van der Waals surface area contributed by atoms with Crippen LogP contribution in [0.2, 0.25) is 0 Å². The molecule has 0 unspecified atom stereocenters. The molecule has 0 atom stereocenters. The van der Waals surface area contributed by atoms with Crippen LogP contribution in [0.1, 0.15) is 21.5 Å². The molecule has 0 aromatic heterocycles. The van der Waals surface area contributed by atoms with E-state index in [9.17, 15) is 19.7 Å². The Kier molecular flexibility index (Phi) is 5.40. The van der Waals surface area contributed by atoms with E-state index in [0.29, 0.717) is 11.1 Å². The summed E-state index contributed by atoms with van der Waals surface area (Å²) in [5.41, 5.74) is 6.54. The van der Waals surface area contributed by atoms with Gasteiger partial charge in [0.1, 0.15) is 0 Å². The van der Waals surface area contributed by atoms with Crippen molar-refractivity contribution < 1.29 is 14.5 Å². The number of hydrogen-bond donors (Lipinski definition) is 2. The molecule has 24 heavy (non-hydrogen) atoms. The van der Waals surface area contributed by atoms with Gasteiger partial charge >= 0.3 is 0 Å². The predicted molar refractivity (Wildman–Crippen MR) is 88.9 cm³/mol. The third-order valence-corrected chi connectivity index (χ3v) is 3.23. The highest BCUT2D eigenvalue weighted by Gasteiger charge is 2.09. The van der Waals surface area contributed by atoms with Crippen molar-refractivity contribution in [3.63, 3.8) is 0 Å². The Labute approximate surface area is 137 Å². The molecule has 0 fully saturated rings. The van der Waals surface area contributed by atoms with Gasteiger partial charge < -0.3 is 11.1 Å². The summed E-state index contributed by atoms with van der Waals surface area (Å²) >= 11 is 0. The lowest BCUT2D eigenvalue weighted by Gasteiger charge is -2.04. The van der Waals surface area contributed by atoms with Crippen molar-refractivity contribution in [1.29, 1.82) is 0 Å². The maximum absolute atomic E-state index is 11.8. The van der Waals surface area contributed by atoms with Crippen LogP contribution in [0.4, 0.5) is 5.69 Å². The minimum Gasteiger partial charge on any atom is -0.366 e. The van der Waals surface area contributed by atoms with Crippen molar-refractivity contribution in [1.82, 2.24) is 5.32 Å². The predicted octanol–water partition coefficient (Wildman–Crippen LogP) is 2.02. The first-order valence-corrected chi connectivity index (χ1v) is 7.05. The van der Waals surface area contributed by atoms with E-state index in [1.807, 2.05) is 0 Å². The fraction of sp³-hybridized carbons (Fsp3) is 0.0588. The molecule has 0 bridgehead atoms. The molecule has 0 radical (unpaired) electrons. The quantitative estimate of drug-likeness (QED) is 0.480. The highest BCUT2D eigenvalue weighted by atomic mass is 16.6. The van der Waals surface area contributed by atoms with Crippen LogP contribution in [0.25, 0.3) is 6.08 Å². The van der Waals surface area contributed by atoms with Crippen molar-refractivity contribution >= 4 is 23.6 Å². The number of carbonyl (C=O) groups is 2. The molecule has 0 aliphatic carbocycles. The summed E-state index contributed by atoms with van der Waals surface area (Å²) in [4.78, 5) is 33.3. The van der Waals surface area contributed by atoms with Gasteiger partial charge in [-0.15, -0.1) is 0 Å². The largest absolute Gasteiger partial charge is 0.366 e. The number of carbonyl (C=O) groups excluding carboxylic acids is 2. The van der Waals surface area contributed by atoms with Crippen LogP contribution in [0.3, 0.4) is 0 Å². The third-order valence-electron chi connectivity index (χ3n) is 3.23. The topological polar surface area (TPSA) is 115 Å². The number of nitro benzene ring substituents is 1. The number of benzene rings is 2. The van der Waals surface area contributed by atoms with E-state index in [1.54, 1.807) is 42.5 Å². The Morgan fingerprint density at radius 1 is 1.17 bits per heavy atom. The molecule has 0 heterocycles. The van der Waals surface area contributed by atoms with E-state index in [1.165, 1.54) is 18.2 Å². The van der Waals surface area contributed by atoms with Gasteiger partial charge in [0, 0.05) is 24.3 Å². The molecular formula is C17H15N3O4. The minimum atomic E-state index is -0.542. The van der Waals surface area contributed by atoms with Crippen molar-refractivity contribution in [2.24, 2.45) is 5.73 Å². The van der Waals surface area contributed by atoms with E-state index in [-0.39, 0.29) is 12.2 Å². The van der Waals surface area contributed by atoms with Crippen LogP contribution in [0, 0.1) is 10.1 Å². The Hall–Kier alpha value is -3.48. The zero-order valence-electron chi connectivity index (χ0n) is 12.6. The maximum Gasteiger partial charge on any atom is 0.276 e. The van der Waals surface area contributed by atoms with E-state index >= 15 is 0 Å². The Morgan fingerprint density at radius 2 is 1.92 bits per heavy atom. The molecule has 122 valence electrons.